The zero-order valence-electron chi connectivity index (χ0n) is 21.4. The molecule has 1 aliphatic carbocycles. The molecule has 3 N–H and O–H groups in total. The second kappa shape index (κ2) is 8.98. The van der Waals surface area contributed by atoms with Crippen molar-refractivity contribution < 1.29 is 13.9 Å². The molecule has 0 radical (unpaired) electrons. The van der Waals surface area contributed by atoms with Gasteiger partial charge >= 0.3 is 0 Å². The number of fused-ring (bicyclic) bond motifs is 1. The van der Waals surface area contributed by atoms with Crippen LogP contribution in [0.4, 0.5) is 4.39 Å². The van der Waals surface area contributed by atoms with Crippen molar-refractivity contribution in [1.82, 2.24) is 29.8 Å². The Kier molecular flexibility index (Phi) is 5.71. The highest BCUT2D eigenvalue weighted by Crippen LogP contribution is 2.48. The largest absolute Gasteiger partial charge is 0.474 e. The number of aromatic nitrogens is 5. The lowest BCUT2D eigenvalue weighted by molar-refractivity contribution is 0.0745. The van der Waals surface area contributed by atoms with Crippen molar-refractivity contribution in [3.8, 4) is 28.8 Å². The van der Waals surface area contributed by atoms with E-state index in [1.807, 2.05) is 30.9 Å². The molecule has 1 saturated carbocycles. The second-order valence-corrected chi connectivity index (χ2v) is 10.5. The van der Waals surface area contributed by atoms with Crippen molar-refractivity contribution in [3.63, 3.8) is 0 Å². The molecule has 0 bridgehead atoms. The van der Waals surface area contributed by atoms with Crippen LogP contribution in [-0.4, -0.2) is 54.9 Å². The van der Waals surface area contributed by atoms with Crippen molar-refractivity contribution >= 4 is 5.91 Å². The number of imidazole rings is 1. The van der Waals surface area contributed by atoms with Crippen LogP contribution < -0.4 is 10.5 Å². The number of carbonyl (C=O) groups is 1. The van der Waals surface area contributed by atoms with Gasteiger partial charge in [0.2, 0.25) is 5.88 Å². The number of nitrogens with one attached hydrogen (secondary N) is 1. The van der Waals surface area contributed by atoms with Gasteiger partial charge in [-0.15, -0.1) is 0 Å². The lowest BCUT2D eigenvalue weighted by atomic mass is 9.95. The van der Waals surface area contributed by atoms with Gasteiger partial charge in [0, 0.05) is 54.5 Å². The highest BCUT2D eigenvalue weighted by Gasteiger charge is 2.59. The molecule has 0 unspecified atom stereocenters. The minimum Gasteiger partial charge on any atom is -0.474 e. The molecule has 3 atom stereocenters. The summed E-state index contributed by atoms with van der Waals surface area (Å²) >= 11 is 0. The normalized spacial score (nSPS) is 20.3. The number of halogens is 1. The van der Waals surface area contributed by atoms with Gasteiger partial charge in [-0.05, 0) is 62.7 Å². The first-order chi connectivity index (χ1) is 18.2. The van der Waals surface area contributed by atoms with Crippen LogP contribution in [0.5, 0.6) is 5.88 Å². The zero-order chi connectivity index (χ0) is 26.6. The SMILES string of the molecule is Cc1nc(-c2ncccn2)[nH]c1C(=O)N1C[C@@H]2[C@H](C1)[C@@H]2Oc1cc(C(C)(C)N)cc(-c2ccc(F)cc2)n1. The third-order valence-corrected chi connectivity index (χ3v) is 7.22. The number of hydrogen-bond donors (Lipinski definition) is 2. The van der Waals surface area contributed by atoms with Gasteiger partial charge in [0.25, 0.3) is 5.91 Å². The van der Waals surface area contributed by atoms with E-state index in [4.69, 9.17) is 15.5 Å². The van der Waals surface area contributed by atoms with Crippen LogP contribution in [0.1, 0.15) is 35.6 Å². The van der Waals surface area contributed by atoms with Crippen LogP contribution in [0.2, 0.25) is 0 Å². The highest BCUT2D eigenvalue weighted by molar-refractivity contribution is 5.94. The first-order valence-electron chi connectivity index (χ1n) is 12.5. The molecule has 3 aromatic heterocycles. The molecule has 4 heterocycles. The smallest absolute Gasteiger partial charge is 0.272 e. The predicted octanol–water partition coefficient (Wildman–Crippen LogP) is 3.72. The average molecular weight is 514 g/mol. The maximum absolute atomic E-state index is 13.5. The molecule has 9 nitrogen and oxygen atoms in total. The van der Waals surface area contributed by atoms with Crippen molar-refractivity contribution in [1.29, 1.82) is 0 Å². The summed E-state index contributed by atoms with van der Waals surface area (Å²) in [6, 6.07) is 11.7. The summed E-state index contributed by atoms with van der Waals surface area (Å²) in [4.78, 5) is 35.7. The number of H-pyrrole nitrogens is 1. The van der Waals surface area contributed by atoms with Crippen molar-refractivity contribution in [2.75, 3.05) is 13.1 Å². The van der Waals surface area contributed by atoms with Crippen molar-refractivity contribution in [3.05, 3.63) is 77.6 Å². The number of nitrogens with two attached hydrogens (primary N) is 1. The monoisotopic (exact) mass is 513 g/mol. The summed E-state index contributed by atoms with van der Waals surface area (Å²) in [6.45, 7) is 6.83. The first-order valence-corrected chi connectivity index (χ1v) is 12.5. The Morgan fingerprint density at radius 3 is 2.45 bits per heavy atom. The van der Waals surface area contributed by atoms with Crippen LogP contribution >= 0.6 is 0 Å². The van der Waals surface area contributed by atoms with E-state index in [2.05, 4.69) is 19.9 Å². The number of carbonyl (C=O) groups excluding carboxylic acids is 1. The average Bonchev–Trinajstić information content (AvgIpc) is 3.22. The Morgan fingerprint density at radius 1 is 1.11 bits per heavy atom. The Hall–Kier alpha value is -4.18. The molecule has 1 aliphatic heterocycles. The molecule has 38 heavy (non-hydrogen) atoms. The fourth-order valence-electron chi connectivity index (χ4n) is 5.01. The molecular formula is C28H28FN7O2. The van der Waals surface area contributed by atoms with Crippen molar-refractivity contribution in [2.45, 2.75) is 32.4 Å². The number of benzene rings is 1. The number of ether oxygens (including phenoxy) is 1. The summed E-state index contributed by atoms with van der Waals surface area (Å²) in [5, 5.41) is 0. The van der Waals surface area contributed by atoms with E-state index < -0.39 is 5.54 Å². The molecule has 6 rings (SSSR count). The maximum Gasteiger partial charge on any atom is 0.272 e. The summed E-state index contributed by atoms with van der Waals surface area (Å²) in [5.74, 6) is 1.46. The molecule has 2 aliphatic rings. The number of amides is 1. The number of nitrogens with zero attached hydrogens (tertiary/aromatic N) is 5. The quantitative estimate of drug-likeness (QED) is 0.403. The van der Waals surface area contributed by atoms with Crippen LogP contribution in [0.15, 0.2) is 54.9 Å². The Balaban J connectivity index is 1.16. The minimum atomic E-state index is -0.607. The highest BCUT2D eigenvalue weighted by atomic mass is 19.1. The van der Waals surface area contributed by atoms with Crippen molar-refractivity contribution in [2.24, 2.45) is 17.6 Å². The molecule has 1 saturated heterocycles. The molecule has 4 aromatic rings. The van der Waals surface area contributed by atoms with E-state index in [1.54, 1.807) is 37.5 Å². The third-order valence-electron chi connectivity index (χ3n) is 7.22. The molecule has 1 amide bonds. The van der Waals surface area contributed by atoms with E-state index in [0.717, 1.165) is 11.1 Å². The van der Waals surface area contributed by atoms with Gasteiger partial charge < -0.3 is 20.4 Å². The van der Waals surface area contributed by atoms with Gasteiger partial charge in [0.05, 0.1) is 11.4 Å². The van der Waals surface area contributed by atoms with Gasteiger partial charge in [-0.25, -0.2) is 24.3 Å². The molecule has 2 fully saturated rings. The van der Waals surface area contributed by atoms with Gasteiger partial charge in [0.15, 0.2) is 11.6 Å². The lowest BCUT2D eigenvalue weighted by Crippen LogP contribution is -2.34. The summed E-state index contributed by atoms with van der Waals surface area (Å²) in [7, 11) is 0. The first kappa shape index (κ1) is 24.2. The van der Waals surface area contributed by atoms with E-state index in [1.165, 1.54) is 12.1 Å². The number of likely N-dealkylation sites (tertiary alicyclic amines) is 1. The van der Waals surface area contributed by atoms with E-state index in [-0.39, 0.29) is 29.7 Å². The van der Waals surface area contributed by atoms with E-state index in [0.29, 0.717) is 47.7 Å². The topological polar surface area (TPSA) is 123 Å². The Bertz CT molecular complexity index is 1490. The Morgan fingerprint density at radius 2 is 1.79 bits per heavy atom. The van der Waals surface area contributed by atoms with Crippen LogP contribution in [0.25, 0.3) is 22.9 Å². The molecule has 194 valence electrons. The summed E-state index contributed by atoms with van der Waals surface area (Å²) in [6.07, 6.45) is 3.24. The lowest BCUT2D eigenvalue weighted by Gasteiger charge is -2.22. The maximum atomic E-state index is 13.5. The second-order valence-electron chi connectivity index (χ2n) is 10.5. The van der Waals surface area contributed by atoms with Gasteiger partial charge in [0.1, 0.15) is 17.6 Å². The fourth-order valence-corrected chi connectivity index (χ4v) is 5.01. The number of aryl methyl sites for hydroxylation is 1. The van der Waals surface area contributed by atoms with E-state index in [9.17, 15) is 9.18 Å². The number of rotatable bonds is 6. The molecule has 1 aromatic carbocycles. The standard InChI is InChI=1S/C28H28FN7O2/c1-15-23(35-26(33-15)25-31-9-4-10-32-25)27(37)36-13-19-20(14-36)24(19)38-22-12-17(28(2,3)30)11-21(34-22)16-5-7-18(29)8-6-16/h4-12,19-20,24H,13-14,30H2,1-3H3,(H,33,35)/t19-,20+,24-. The van der Waals surface area contributed by atoms with Crippen LogP contribution in [0, 0.1) is 24.6 Å². The number of hydrogen-bond acceptors (Lipinski definition) is 7. The minimum absolute atomic E-state index is 0.0279. The van der Waals surface area contributed by atoms with Crippen LogP contribution in [0.3, 0.4) is 0 Å². The Labute approximate surface area is 219 Å². The fraction of sp³-hybridized carbons (Fsp3) is 0.321. The number of piperidine rings is 1. The van der Waals surface area contributed by atoms with E-state index >= 15 is 0 Å². The van der Waals surface area contributed by atoms with Gasteiger partial charge in [-0.3, -0.25) is 4.79 Å². The predicted molar refractivity (Wildman–Crippen MR) is 138 cm³/mol. The summed E-state index contributed by atoms with van der Waals surface area (Å²) < 4.78 is 19.8. The van der Waals surface area contributed by atoms with Crippen LogP contribution in [-0.2, 0) is 5.54 Å². The molecule has 10 heteroatoms. The third kappa shape index (κ3) is 4.51. The van der Waals surface area contributed by atoms with Gasteiger partial charge in [-0.2, -0.15) is 0 Å². The van der Waals surface area contributed by atoms with Gasteiger partial charge in [-0.1, -0.05) is 0 Å². The molecule has 0 spiro atoms. The summed E-state index contributed by atoms with van der Waals surface area (Å²) in [5.41, 5.74) is 9.18. The zero-order valence-corrected chi connectivity index (χ0v) is 21.4. The number of aromatic amines is 1. The number of pyridine rings is 1. The molecular weight excluding hydrogens is 485 g/mol.